The molecule has 0 spiro atoms. The number of amides is 2. The second kappa shape index (κ2) is 8.52. The van der Waals surface area contributed by atoms with Crippen LogP contribution in [0.3, 0.4) is 0 Å². The third-order valence-electron chi connectivity index (χ3n) is 3.68. The highest BCUT2D eigenvalue weighted by Crippen LogP contribution is 2.29. The number of carbonyl (C=O) groups excluding carboxylic acids is 2. The Balaban J connectivity index is 2.07. The van der Waals surface area contributed by atoms with Gasteiger partial charge < -0.3 is 11.1 Å². The minimum atomic E-state index is -4.48. The van der Waals surface area contributed by atoms with E-state index in [0.29, 0.717) is 0 Å². The number of carbonyl (C=O) groups is 2. The van der Waals surface area contributed by atoms with Crippen molar-refractivity contribution in [3.8, 4) is 0 Å². The molecule has 1 atom stereocenters. The van der Waals surface area contributed by atoms with Gasteiger partial charge in [-0.25, -0.2) is 0 Å². The quantitative estimate of drug-likeness (QED) is 0.630. The minimum Gasteiger partial charge on any atom is -0.368 e. The van der Waals surface area contributed by atoms with Crippen LogP contribution in [-0.4, -0.2) is 17.9 Å². The molecule has 0 bridgehead atoms. The van der Waals surface area contributed by atoms with Crippen LogP contribution in [-0.2, 0) is 28.6 Å². The maximum absolute atomic E-state index is 12.7. The first-order valence-electron chi connectivity index (χ1n) is 7.65. The first-order valence-corrected chi connectivity index (χ1v) is 8.73. The molecule has 2 aromatic carbocycles. The van der Waals surface area contributed by atoms with E-state index in [1.807, 2.05) is 18.2 Å². The fraction of sp³-hybridized carbons (Fsp3) is 0.222. The molecule has 3 N–H and O–H groups in total. The van der Waals surface area contributed by atoms with Gasteiger partial charge >= 0.3 is 6.18 Å². The summed E-state index contributed by atoms with van der Waals surface area (Å²) in [4.78, 5) is 23.8. The minimum absolute atomic E-state index is 0.204. The van der Waals surface area contributed by atoms with Crippen LogP contribution in [0.4, 0.5) is 13.2 Å². The number of alkyl halides is 3. The summed E-state index contributed by atoms with van der Waals surface area (Å²) in [5.41, 5.74) is 5.57. The smallest absolute Gasteiger partial charge is 0.368 e. The molecule has 2 aromatic rings. The number of hydrogen-bond donors (Lipinski definition) is 2. The number of benzene rings is 2. The summed E-state index contributed by atoms with van der Waals surface area (Å²) in [7, 11) is 0. The second-order valence-corrected chi connectivity index (χ2v) is 6.86. The predicted molar refractivity (Wildman–Crippen MR) is 99.1 cm³/mol. The molecule has 0 heterocycles. The van der Waals surface area contributed by atoms with Gasteiger partial charge in [0.2, 0.25) is 11.8 Å². The van der Waals surface area contributed by atoms with E-state index in [1.54, 1.807) is 6.07 Å². The van der Waals surface area contributed by atoms with E-state index in [-0.39, 0.29) is 18.4 Å². The third kappa shape index (κ3) is 5.72. The lowest BCUT2D eigenvalue weighted by molar-refractivity contribution is -0.137. The number of hydrogen-bond acceptors (Lipinski definition) is 2. The normalized spacial score (nSPS) is 12.5. The number of nitrogens with one attached hydrogen (secondary N) is 1. The van der Waals surface area contributed by atoms with Crippen molar-refractivity contribution in [2.75, 3.05) is 0 Å². The van der Waals surface area contributed by atoms with Crippen LogP contribution >= 0.6 is 22.6 Å². The molecule has 2 rings (SSSR count). The number of primary amides is 1. The van der Waals surface area contributed by atoms with Crippen molar-refractivity contribution >= 4 is 34.4 Å². The van der Waals surface area contributed by atoms with E-state index in [1.165, 1.54) is 12.1 Å². The van der Waals surface area contributed by atoms with Crippen LogP contribution in [0.2, 0.25) is 0 Å². The van der Waals surface area contributed by atoms with E-state index in [0.717, 1.165) is 21.3 Å². The Morgan fingerprint density at radius 3 is 2.42 bits per heavy atom. The summed E-state index contributed by atoms with van der Waals surface area (Å²) >= 11 is 2.11. The average molecular weight is 476 g/mol. The second-order valence-electron chi connectivity index (χ2n) is 5.69. The van der Waals surface area contributed by atoms with Crippen LogP contribution in [0.25, 0.3) is 0 Å². The fourth-order valence-electron chi connectivity index (χ4n) is 2.39. The zero-order valence-corrected chi connectivity index (χ0v) is 15.7. The standard InChI is InChI=1S/C18H16F3IN2O2/c19-18(20,21)13-6-3-4-11(8-13)9-16(25)24-15(17(23)26)10-12-5-1-2-7-14(12)22/h1-8,15H,9-10H2,(H2,23,26)(H,24,25)/t15-/m0/s1. The first kappa shape index (κ1) is 20.2. The van der Waals surface area contributed by atoms with Crippen LogP contribution in [0.15, 0.2) is 48.5 Å². The molecule has 0 aromatic heterocycles. The fourth-order valence-corrected chi connectivity index (χ4v) is 3.00. The molecule has 138 valence electrons. The molecule has 26 heavy (non-hydrogen) atoms. The Bertz CT molecular complexity index is 809. The van der Waals surface area contributed by atoms with E-state index >= 15 is 0 Å². The predicted octanol–water partition coefficient (Wildman–Crippen LogP) is 3.07. The van der Waals surface area contributed by atoms with Gasteiger partial charge in [-0.1, -0.05) is 36.4 Å². The maximum Gasteiger partial charge on any atom is 0.416 e. The lowest BCUT2D eigenvalue weighted by atomic mass is 10.0. The Morgan fingerprint density at radius 1 is 1.12 bits per heavy atom. The van der Waals surface area contributed by atoms with E-state index in [2.05, 4.69) is 27.9 Å². The maximum atomic E-state index is 12.7. The zero-order valence-electron chi connectivity index (χ0n) is 13.5. The summed E-state index contributed by atoms with van der Waals surface area (Å²) < 4.78 is 39.1. The molecule has 0 unspecified atom stereocenters. The van der Waals surface area contributed by atoms with E-state index < -0.39 is 29.6 Å². The Labute approximate surface area is 162 Å². The van der Waals surface area contributed by atoms with Gasteiger partial charge in [-0.15, -0.1) is 0 Å². The SMILES string of the molecule is NC(=O)[C@H](Cc1ccccc1I)NC(=O)Cc1cccc(C(F)(F)F)c1. The van der Waals surface area contributed by atoms with Crippen molar-refractivity contribution in [2.45, 2.75) is 25.1 Å². The topological polar surface area (TPSA) is 72.2 Å². The van der Waals surface area contributed by atoms with Crippen molar-refractivity contribution < 1.29 is 22.8 Å². The molecule has 0 saturated carbocycles. The van der Waals surface area contributed by atoms with Gasteiger partial charge in [-0.2, -0.15) is 13.2 Å². The van der Waals surface area contributed by atoms with Crippen molar-refractivity contribution in [2.24, 2.45) is 5.73 Å². The van der Waals surface area contributed by atoms with E-state index in [9.17, 15) is 22.8 Å². The highest BCUT2D eigenvalue weighted by atomic mass is 127. The Morgan fingerprint density at radius 2 is 1.81 bits per heavy atom. The lowest BCUT2D eigenvalue weighted by Crippen LogP contribution is -2.46. The third-order valence-corrected chi connectivity index (χ3v) is 4.73. The van der Waals surface area contributed by atoms with Crippen LogP contribution in [0.5, 0.6) is 0 Å². The number of halogens is 4. The molecule has 0 radical (unpaired) electrons. The van der Waals surface area contributed by atoms with E-state index in [4.69, 9.17) is 5.73 Å². The van der Waals surface area contributed by atoms with Crippen LogP contribution in [0, 0.1) is 3.57 Å². The van der Waals surface area contributed by atoms with Crippen molar-refractivity contribution in [3.05, 3.63) is 68.8 Å². The highest BCUT2D eigenvalue weighted by molar-refractivity contribution is 14.1. The van der Waals surface area contributed by atoms with Gasteiger partial charge in [0.15, 0.2) is 0 Å². The van der Waals surface area contributed by atoms with Crippen LogP contribution in [0.1, 0.15) is 16.7 Å². The molecule has 2 amide bonds. The molecule has 0 fully saturated rings. The zero-order chi connectivity index (χ0) is 19.3. The van der Waals surface area contributed by atoms with Gasteiger partial charge in [-0.3, -0.25) is 9.59 Å². The molecule has 0 aliphatic carbocycles. The summed E-state index contributed by atoms with van der Waals surface area (Å²) in [5.74, 6) is -1.28. The summed E-state index contributed by atoms with van der Waals surface area (Å²) in [6, 6.07) is 10.9. The molecule has 8 heteroatoms. The highest BCUT2D eigenvalue weighted by Gasteiger charge is 2.30. The average Bonchev–Trinajstić information content (AvgIpc) is 2.55. The molecular weight excluding hydrogens is 460 g/mol. The molecule has 0 aliphatic heterocycles. The summed E-state index contributed by atoms with van der Waals surface area (Å²) in [6.07, 6.45) is -4.55. The first-order chi connectivity index (χ1) is 12.2. The molecule has 4 nitrogen and oxygen atoms in total. The number of rotatable bonds is 6. The van der Waals surface area contributed by atoms with Gasteiger partial charge in [-0.05, 0) is 45.9 Å². The largest absolute Gasteiger partial charge is 0.416 e. The Kier molecular flexibility index (Phi) is 6.63. The Hall–Kier alpha value is -2.10. The van der Waals surface area contributed by atoms with Crippen molar-refractivity contribution in [1.82, 2.24) is 5.32 Å². The molecule has 0 aliphatic rings. The van der Waals surface area contributed by atoms with Crippen molar-refractivity contribution in [1.29, 1.82) is 0 Å². The van der Waals surface area contributed by atoms with Crippen molar-refractivity contribution in [3.63, 3.8) is 0 Å². The van der Waals surface area contributed by atoms with Gasteiger partial charge in [0.25, 0.3) is 0 Å². The van der Waals surface area contributed by atoms with Gasteiger partial charge in [0, 0.05) is 9.99 Å². The van der Waals surface area contributed by atoms with Gasteiger partial charge in [0.1, 0.15) is 6.04 Å². The monoisotopic (exact) mass is 476 g/mol. The van der Waals surface area contributed by atoms with Gasteiger partial charge in [0.05, 0.1) is 12.0 Å². The summed E-state index contributed by atoms with van der Waals surface area (Å²) in [6.45, 7) is 0. The number of nitrogens with two attached hydrogens (primary N) is 1. The molecular formula is C18H16F3IN2O2. The van der Waals surface area contributed by atoms with Crippen LogP contribution < -0.4 is 11.1 Å². The lowest BCUT2D eigenvalue weighted by Gasteiger charge is -2.17. The molecule has 0 saturated heterocycles. The summed E-state index contributed by atoms with van der Waals surface area (Å²) in [5, 5.41) is 2.50.